The number of hydrogen-bond acceptors (Lipinski definition) is 4. The molecule has 0 saturated heterocycles. The molecule has 1 heterocycles. The van der Waals surface area contributed by atoms with E-state index < -0.39 is 10.1 Å². The Morgan fingerprint density at radius 2 is 1.84 bits per heavy atom. The lowest BCUT2D eigenvalue weighted by atomic mass is 9.81. The van der Waals surface area contributed by atoms with Gasteiger partial charge in [0.05, 0.1) is 15.5 Å². The maximum absolute atomic E-state index is 10.9. The van der Waals surface area contributed by atoms with Gasteiger partial charge in [0.1, 0.15) is 6.54 Å². The van der Waals surface area contributed by atoms with Crippen LogP contribution in [0.5, 0.6) is 0 Å². The largest absolute Gasteiger partial charge is 0.748 e. The van der Waals surface area contributed by atoms with Crippen LogP contribution in [0.3, 0.4) is 0 Å². The molecular formula is C24H27ClN2O3S. The molecule has 164 valence electrons. The first-order valence-electron chi connectivity index (χ1n) is 10.2. The van der Waals surface area contributed by atoms with Crippen molar-refractivity contribution in [1.82, 2.24) is 0 Å². The fourth-order valence-electron chi connectivity index (χ4n) is 3.82. The maximum atomic E-state index is 10.9. The Kier molecular flexibility index (Phi) is 7.36. The van der Waals surface area contributed by atoms with Crippen LogP contribution in [-0.2, 0) is 15.5 Å². The lowest BCUT2D eigenvalue weighted by Gasteiger charge is -2.15. The van der Waals surface area contributed by atoms with Crippen molar-refractivity contribution in [1.29, 1.82) is 0 Å². The highest BCUT2D eigenvalue weighted by Crippen LogP contribution is 2.41. The van der Waals surface area contributed by atoms with Gasteiger partial charge in [0, 0.05) is 46.8 Å². The van der Waals surface area contributed by atoms with E-state index in [0.717, 1.165) is 22.6 Å². The number of benzene rings is 2. The van der Waals surface area contributed by atoms with E-state index in [1.54, 1.807) is 0 Å². The molecule has 0 saturated carbocycles. The molecule has 0 atom stereocenters. The van der Waals surface area contributed by atoms with Crippen molar-refractivity contribution in [2.45, 2.75) is 32.1 Å². The Bertz CT molecular complexity index is 1120. The van der Waals surface area contributed by atoms with Gasteiger partial charge in [-0.15, -0.1) is 0 Å². The van der Waals surface area contributed by atoms with Crippen LogP contribution in [0.1, 0.15) is 32.3 Å². The Balaban J connectivity index is 1.81. The summed E-state index contributed by atoms with van der Waals surface area (Å²) in [5.41, 5.74) is 4.03. The second-order valence-corrected chi connectivity index (χ2v) is 9.98. The van der Waals surface area contributed by atoms with Crippen LogP contribution in [0.2, 0.25) is 5.02 Å². The summed E-state index contributed by atoms with van der Waals surface area (Å²) in [5, 5.41) is 3.91. The Morgan fingerprint density at radius 1 is 1.10 bits per heavy atom. The van der Waals surface area contributed by atoms with Gasteiger partial charge >= 0.3 is 0 Å². The summed E-state index contributed by atoms with van der Waals surface area (Å²) < 4.78 is 35.0. The van der Waals surface area contributed by atoms with E-state index >= 15 is 0 Å². The van der Waals surface area contributed by atoms with Gasteiger partial charge in [0.2, 0.25) is 5.69 Å². The molecule has 2 aromatic carbocycles. The molecule has 0 radical (unpaired) electrons. The second-order valence-electron chi connectivity index (χ2n) is 8.02. The van der Waals surface area contributed by atoms with E-state index in [1.807, 2.05) is 66.9 Å². The fourth-order valence-corrected chi connectivity index (χ4v) is 4.55. The third-order valence-electron chi connectivity index (χ3n) is 5.37. The van der Waals surface area contributed by atoms with Crippen LogP contribution < -0.4 is 5.32 Å². The lowest BCUT2D eigenvalue weighted by Crippen LogP contribution is -2.28. The summed E-state index contributed by atoms with van der Waals surface area (Å²) in [6.45, 7) is 4.92. The molecule has 7 heteroatoms. The molecule has 0 spiro atoms. The first-order valence-corrected chi connectivity index (χ1v) is 12.2. The van der Waals surface area contributed by atoms with E-state index in [2.05, 4.69) is 29.8 Å². The molecule has 2 aromatic rings. The quantitative estimate of drug-likeness (QED) is 0.242. The lowest BCUT2D eigenvalue weighted by molar-refractivity contribution is -0.438. The third kappa shape index (κ3) is 6.06. The van der Waals surface area contributed by atoms with Crippen LogP contribution in [0.4, 0.5) is 11.4 Å². The number of para-hydroxylation sites is 1. The first-order chi connectivity index (χ1) is 14.7. The zero-order chi connectivity index (χ0) is 22.5. The number of fused-ring (bicyclic) bond motifs is 1. The predicted octanol–water partition coefficient (Wildman–Crippen LogP) is 5.22. The first kappa shape index (κ1) is 23.3. The molecule has 0 fully saturated rings. The SMILES string of the molecule is CC1(C)C(/C=C/C=C/Nc2ccccc2)=[N+](CCCCS(=O)(=O)[O-])c2ccc(Cl)cc21. The Labute approximate surface area is 189 Å². The van der Waals surface area contributed by atoms with E-state index in [1.165, 1.54) is 0 Å². The molecular weight excluding hydrogens is 432 g/mol. The van der Waals surface area contributed by atoms with Gasteiger partial charge in [-0.2, -0.15) is 4.58 Å². The summed E-state index contributed by atoms with van der Waals surface area (Å²) in [5.74, 6) is -0.337. The molecule has 31 heavy (non-hydrogen) atoms. The molecule has 3 rings (SSSR count). The predicted molar refractivity (Wildman–Crippen MR) is 126 cm³/mol. The van der Waals surface area contributed by atoms with E-state index in [4.69, 9.17) is 11.6 Å². The van der Waals surface area contributed by atoms with Crippen LogP contribution in [0.25, 0.3) is 0 Å². The number of nitrogens with zero attached hydrogens (tertiary/aromatic N) is 1. The van der Waals surface area contributed by atoms with Crippen molar-refractivity contribution in [2.24, 2.45) is 0 Å². The van der Waals surface area contributed by atoms with Crippen molar-refractivity contribution in [3.8, 4) is 0 Å². The van der Waals surface area contributed by atoms with Gasteiger partial charge in [-0.3, -0.25) is 0 Å². The average Bonchev–Trinajstić information content (AvgIpc) is 2.91. The van der Waals surface area contributed by atoms with Crippen LogP contribution in [-0.4, -0.2) is 35.6 Å². The van der Waals surface area contributed by atoms with Gasteiger partial charge in [-0.1, -0.05) is 35.9 Å². The summed E-state index contributed by atoms with van der Waals surface area (Å²) in [4.78, 5) is 0. The Hall–Kier alpha value is -2.41. The standard InChI is InChI=1S/C24H27ClN2O3S/c1-24(2)21-18-19(25)13-14-22(21)27(16-8-9-17-31(28,29)30)23(24)12-6-7-15-26-20-10-4-3-5-11-20/h3-7,10-15,18H,8-9,16-17H2,1-2H3,(H,28,29,30). The van der Waals surface area contributed by atoms with Gasteiger partial charge in [0.25, 0.3) is 0 Å². The number of unbranched alkanes of at least 4 members (excludes halogenated alkanes) is 1. The summed E-state index contributed by atoms with van der Waals surface area (Å²) in [6, 6.07) is 15.8. The molecule has 1 aliphatic heterocycles. The smallest absolute Gasteiger partial charge is 0.209 e. The molecule has 0 aliphatic carbocycles. The normalized spacial score (nSPS) is 15.7. The average molecular weight is 459 g/mol. The molecule has 0 aromatic heterocycles. The van der Waals surface area contributed by atoms with Gasteiger partial charge < -0.3 is 9.87 Å². The minimum Gasteiger partial charge on any atom is -0.748 e. The summed E-state index contributed by atoms with van der Waals surface area (Å²) in [6.07, 6.45) is 8.80. The highest BCUT2D eigenvalue weighted by atomic mass is 35.5. The molecule has 1 aliphatic rings. The van der Waals surface area contributed by atoms with Crippen LogP contribution >= 0.6 is 11.6 Å². The number of anilines is 1. The van der Waals surface area contributed by atoms with Gasteiger partial charge in [-0.25, -0.2) is 8.42 Å². The van der Waals surface area contributed by atoms with Gasteiger partial charge in [0.15, 0.2) is 5.71 Å². The number of rotatable bonds is 9. The number of allylic oxidation sites excluding steroid dienone is 3. The monoisotopic (exact) mass is 458 g/mol. The maximum Gasteiger partial charge on any atom is 0.209 e. The van der Waals surface area contributed by atoms with Crippen molar-refractivity contribution in [2.75, 3.05) is 17.6 Å². The topological polar surface area (TPSA) is 72.2 Å². The second kappa shape index (κ2) is 9.81. The summed E-state index contributed by atoms with van der Waals surface area (Å²) >= 11 is 6.26. The van der Waals surface area contributed by atoms with Crippen molar-refractivity contribution < 1.29 is 17.5 Å². The van der Waals surface area contributed by atoms with Crippen LogP contribution in [0.15, 0.2) is 73.0 Å². The molecule has 5 nitrogen and oxygen atoms in total. The Morgan fingerprint density at radius 3 is 2.55 bits per heavy atom. The number of halogens is 1. The van der Waals surface area contributed by atoms with E-state index in [-0.39, 0.29) is 11.2 Å². The van der Waals surface area contributed by atoms with Crippen molar-refractivity contribution >= 4 is 38.8 Å². The third-order valence-corrected chi connectivity index (χ3v) is 6.39. The molecule has 0 unspecified atom stereocenters. The molecule has 1 N–H and O–H groups in total. The zero-order valence-corrected chi connectivity index (χ0v) is 19.3. The van der Waals surface area contributed by atoms with Gasteiger partial charge in [-0.05, 0) is 50.6 Å². The zero-order valence-electron chi connectivity index (χ0n) is 17.7. The molecule has 0 amide bonds. The highest BCUT2D eigenvalue weighted by Gasteiger charge is 2.44. The van der Waals surface area contributed by atoms with Crippen molar-refractivity contribution in [3.05, 3.63) is 83.5 Å². The molecule has 0 bridgehead atoms. The van der Waals surface area contributed by atoms with Crippen molar-refractivity contribution in [3.63, 3.8) is 0 Å². The minimum atomic E-state index is -4.19. The van der Waals surface area contributed by atoms with E-state index in [0.29, 0.717) is 24.4 Å². The fraction of sp³-hybridized carbons (Fsp3) is 0.292. The number of nitrogens with one attached hydrogen (secondary N) is 1. The highest BCUT2D eigenvalue weighted by molar-refractivity contribution is 7.85. The minimum absolute atomic E-state index is 0.262. The van der Waals surface area contributed by atoms with Crippen LogP contribution in [0, 0.1) is 0 Å². The summed E-state index contributed by atoms with van der Waals surface area (Å²) in [7, 11) is -4.19. The van der Waals surface area contributed by atoms with E-state index in [9.17, 15) is 13.0 Å². The number of hydrogen-bond donors (Lipinski definition) is 1.